The normalized spacial score (nSPS) is 18.9. The molecule has 2 fully saturated rings. The Morgan fingerprint density at radius 1 is 0.906 bits per heavy atom. The van der Waals surface area contributed by atoms with Gasteiger partial charge in [-0.2, -0.15) is 0 Å². The molecule has 1 atom stereocenters. The highest BCUT2D eigenvalue weighted by Gasteiger charge is 2.26. The lowest BCUT2D eigenvalue weighted by atomic mass is 10.0. The van der Waals surface area contributed by atoms with Gasteiger partial charge in [0.25, 0.3) is 0 Å². The third kappa shape index (κ3) is 5.83. The molecule has 32 heavy (non-hydrogen) atoms. The first-order valence-corrected chi connectivity index (χ1v) is 12.1. The highest BCUT2D eigenvalue weighted by atomic mass is 16.6. The second-order valence-electron chi connectivity index (χ2n) is 9.07. The molecule has 4 rings (SSSR count). The van der Waals surface area contributed by atoms with Crippen molar-refractivity contribution in [1.29, 1.82) is 0 Å². The van der Waals surface area contributed by atoms with E-state index >= 15 is 0 Å². The third-order valence-corrected chi connectivity index (χ3v) is 6.64. The Morgan fingerprint density at radius 2 is 1.50 bits per heavy atom. The van der Waals surface area contributed by atoms with Crippen LogP contribution in [0.5, 0.6) is 5.75 Å². The van der Waals surface area contributed by atoms with E-state index in [9.17, 15) is 4.79 Å². The summed E-state index contributed by atoms with van der Waals surface area (Å²) >= 11 is 0. The molecule has 2 aromatic rings. The second-order valence-corrected chi connectivity index (χ2v) is 9.07. The predicted molar refractivity (Wildman–Crippen MR) is 129 cm³/mol. The van der Waals surface area contributed by atoms with Gasteiger partial charge in [-0.05, 0) is 81.0 Å². The molecular formula is C27H36N2O3. The van der Waals surface area contributed by atoms with E-state index in [1.165, 1.54) is 30.5 Å². The van der Waals surface area contributed by atoms with Crippen LogP contribution in [0, 0.1) is 0 Å². The molecule has 2 aliphatic rings. The number of nitrogens with zero attached hydrogens (tertiary/aromatic N) is 2. The fraction of sp³-hybridized carbons (Fsp3) is 0.519. The number of hydrogen-bond acceptors (Lipinski definition) is 5. The van der Waals surface area contributed by atoms with Gasteiger partial charge in [-0.15, -0.1) is 0 Å². The number of piperidine rings is 2. The number of carbonyl (C=O) groups excluding carboxylic acids is 1. The monoisotopic (exact) mass is 436 g/mol. The summed E-state index contributed by atoms with van der Waals surface area (Å²) in [5.41, 5.74) is 3.64. The molecule has 172 valence electrons. The van der Waals surface area contributed by atoms with Gasteiger partial charge in [0.05, 0.1) is 0 Å². The zero-order chi connectivity index (χ0) is 22.3. The summed E-state index contributed by atoms with van der Waals surface area (Å²) in [7, 11) is 2.10. The quantitative estimate of drug-likeness (QED) is 0.562. The van der Waals surface area contributed by atoms with Crippen LogP contribution in [0.15, 0.2) is 48.5 Å². The summed E-state index contributed by atoms with van der Waals surface area (Å²) in [5.74, 6) is 0.449. The predicted octanol–water partition coefficient (Wildman–Crippen LogP) is 5.14. The van der Waals surface area contributed by atoms with Crippen LogP contribution < -0.4 is 9.64 Å². The Labute approximate surface area is 192 Å². The number of likely N-dealkylation sites (tertiary alicyclic amines) is 1. The Bertz CT molecular complexity index is 851. The smallest absolute Gasteiger partial charge is 0.347 e. The number of ether oxygens (including phenoxy) is 2. The molecule has 2 heterocycles. The van der Waals surface area contributed by atoms with Gasteiger partial charge in [0.2, 0.25) is 0 Å². The van der Waals surface area contributed by atoms with Gasteiger partial charge >= 0.3 is 5.97 Å². The van der Waals surface area contributed by atoms with Crippen molar-refractivity contribution >= 4 is 11.7 Å². The van der Waals surface area contributed by atoms with E-state index in [4.69, 9.17) is 9.47 Å². The average molecular weight is 437 g/mol. The van der Waals surface area contributed by atoms with E-state index in [1.54, 1.807) is 0 Å². The Kier molecular flexibility index (Phi) is 7.69. The van der Waals surface area contributed by atoms with Gasteiger partial charge in [-0.25, -0.2) is 4.79 Å². The molecule has 2 aromatic carbocycles. The van der Waals surface area contributed by atoms with Crippen LogP contribution in [0.25, 0.3) is 11.1 Å². The van der Waals surface area contributed by atoms with Crippen molar-refractivity contribution in [3.63, 3.8) is 0 Å². The fourth-order valence-corrected chi connectivity index (χ4v) is 4.55. The Morgan fingerprint density at radius 3 is 2.09 bits per heavy atom. The molecule has 1 unspecified atom stereocenters. The molecule has 2 aliphatic heterocycles. The minimum absolute atomic E-state index is 0.00614. The van der Waals surface area contributed by atoms with E-state index < -0.39 is 6.10 Å². The summed E-state index contributed by atoms with van der Waals surface area (Å²) in [4.78, 5) is 17.4. The van der Waals surface area contributed by atoms with Gasteiger partial charge in [0.15, 0.2) is 6.10 Å². The minimum Gasteiger partial charge on any atom is -0.479 e. The number of esters is 1. The van der Waals surface area contributed by atoms with Crippen molar-refractivity contribution in [2.45, 2.75) is 57.7 Å². The summed E-state index contributed by atoms with van der Waals surface area (Å²) in [5, 5.41) is 0. The van der Waals surface area contributed by atoms with Gasteiger partial charge in [0.1, 0.15) is 11.9 Å². The molecule has 0 aliphatic carbocycles. The third-order valence-electron chi connectivity index (χ3n) is 6.64. The SMILES string of the molecule is CCC(Oc1ccc(-c2ccc(N3CCCCC3)cc2)cc1)C(=O)OC1CCN(C)CC1. The van der Waals surface area contributed by atoms with Gasteiger partial charge in [0, 0.05) is 31.9 Å². The molecular weight excluding hydrogens is 400 g/mol. The summed E-state index contributed by atoms with van der Waals surface area (Å²) in [6, 6.07) is 16.8. The largest absolute Gasteiger partial charge is 0.479 e. The summed E-state index contributed by atoms with van der Waals surface area (Å²) < 4.78 is 11.7. The lowest BCUT2D eigenvalue weighted by molar-refractivity contribution is -0.159. The Hall–Kier alpha value is -2.53. The van der Waals surface area contributed by atoms with Crippen molar-refractivity contribution in [2.24, 2.45) is 0 Å². The maximum absolute atomic E-state index is 12.6. The van der Waals surface area contributed by atoms with Crippen LogP contribution in [-0.4, -0.2) is 56.3 Å². The first kappa shape index (κ1) is 22.7. The zero-order valence-electron chi connectivity index (χ0n) is 19.5. The molecule has 0 saturated carbocycles. The molecule has 0 N–H and O–H groups in total. The number of hydrogen-bond donors (Lipinski definition) is 0. The molecule has 2 saturated heterocycles. The number of benzene rings is 2. The van der Waals surface area contributed by atoms with Gasteiger partial charge in [-0.1, -0.05) is 31.2 Å². The van der Waals surface area contributed by atoms with Crippen LogP contribution in [0.3, 0.4) is 0 Å². The van der Waals surface area contributed by atoms with Gasteiger partial charge < -0.3 is 19.3 Å². The van der Waals surface area contributed by atoms with Crippen molar-refractivity contribution in [2.75, 3.05) is 38.1 Å². The molecule has 0 radical (unpaired) electrons. The topological polar surface area (TPSA) is 42.0 Å². The maximum atomic E-state index is 12.6. The molecule has 0 bridgehead atoms. The maximum Gasteiger partial charge on any atom is 0.347 e. The van der Waals surface area contributed by atoms with Crippen LogP contribution >= 0.6 is 0 Å². The first-order chi connectivity index (χ1) is 15.6. The summed E-state index contributed by atoms with van der Waals surface area (Å²) in [6.45, 7) is 6.21. The van der Waals surface area contributed by atoms with Gasteiger partial charge in [-0.3, -0.25) is 0 Å². The van der Waals surface area contributed by atoms with Crippen molar-refractivity contribution in [3.8, 4) is 16.9 Å². The minimum atomic E-state index is -0.565. The fourth-order valence-electron chi connectivity index (χ4n) is 4.55. The van der Waals surface area contributed by atoms with Crippen LogP contribution in [0.2, 0.25) is 0 Å². The average Bonchev–Trinajstić information content (AvgIpc) is 2.85. The van der Waals surface area contributed by atoms with E-state index in [1.807, 2.05) is 19.1 Å². The molecule has 0 aromatic heterocycles. The molecule has 5 heteroatoms. The first-order valence-electron chi connectivity index (χ1n) is 12.1. The number of anilines is 1. The molecule has 0 spiro atoms. The van der Waals surface area contributed by atoms with Crippen molar-refractivity contribution < 1.29 is 14.3 Å². The van der Waals surface area contributed by atoms with Crippen LogP contribution in [0.1, 0.15) is 45.4 Å². The lowest BCUT2D eigenvalue weighted by Gasteiger charge is -2.29. The van der Waals surface area contributed by atoms with E-state index in [2.05, 4.69) is 53.2 Å². The van der Waals surface area contributed by atoms with Crippen LogP contribution in [-0.2, 0) is 9.53 Å². The van der Waals surface area contributed by atoms with Crippen LogP contribution in [0.4, 0.5) is 5.69 Å². The second kappa shape index (κ2) is 10.9. The summed E-state index contributed by atoms with van der Waals surface area (Å²) in [6.07, 6.45) is 5.73. The highest BCUT2D eigenvalue weighted by Crippen LogP contribution is 2.27. The van der Waals surface area contributed by atoms with E-state index in [0.29, 0.717) is 12.2 Å². The molecule has 5 nitrogen and oxygen atoms in total. The number of carbonyl (C=O) groups is 1. The van der Waals surface area contributed by atoms with E-state index in [-0.39, 0.29) is 12.1 Å². The highest BCUT2D eigenvalue weighted by molar-refractivity contribution is 5.75. The number of rotatable bonds is 7. The van der Waals surface area contributed by atoms with Crippen molar-refractivity contribution in [3.05, 3.63) is 48.5 Å². The molecule has 0 amide bonds. The Balaban J connectivity index is 1.33. The van der Waals surface area contributed by atoms with E-state index in [0.717, 1.165) is 44.6 Å². The zero-order valence-corrected chi connectivity index (χ0v) is 19.5. The lowest BCUT2D eigenvalue weighted by Crippen LogP contribution is -2.38. The standard InChI is InChI=1S/C27H36N2O3/c1-3-26(27(30)32-25-15-19-28(2)20-16-25)31-24-13-9-22(10-14-24)21-7-11-23(12-8-21)29-17-5-4-6-18-29/h7-14,25-26H,3-6,15-20H2,1-2H3. The van der Waals surface area contributed by atoms with Crippen molar-refractivity contribution in [1.82, 2.24) is 4.90 Å².